The highest BCUT2D eigenvalue weighted by Crippen LogP contribution is 2.39. The lowest BCUT2D eigenvalue weighted by atomic mass is 9.90. The maximum absolute atomic E-state index is 10.9. The Morgan fingerprint density at radius 1 is 1.25 bits per heavy atom. The van der Waals surface area contributed by atoms with Crippen molar-refractivity contribution >= 4 is 11.6 Å². The van der Waals surface area contributed by atoms with Gasteiger partial charge in [-0.15, -0.1) is 0 Å². The van der Waals surface area contributed by atoms with Gasteiger partial charge in [0.05, 0.1) is 25.4 Å². The lowest BCUT2D eigenvalue weighted by Crippen LogP contribution is -2.45. The number of aliphatic hydroxyl groups is 4. The van der Waals surface area contributed by atoms with Gasteiger partial charge in [-0.05, 0) is 36.8 Å². The summed E-state index contributed by atoms with van der Waals surface area (Å²) in [5.41, 5.74) is 1.38. The Hall–Kier alpha value is -1.67. The second kappa shape index (κ2) is 8.78. The highest BCUT2D eigenvalue weighted by Gasteiger charge is 2.41. The lowest BCUT2D eigenvalue weighted by molar-refractivity contribution is -0.286. The van der Waals surface area contributed by atoms with Crippen LogP contribution < -0.4 is 4.74 Å². The van der Waals surface area contributed by atoms with Crippen molar-refractivity contribution in [1.82, 2.24) is 0 Å². The summed E-state index contributed by atoms with van der Waals surface area (Å²) >= 11 is 6.29. The third-order valence-electron chi connectivity index (χ3n) is 4.86. The number of ether oxygens (including phenoxy) is 2. The van der Waals surface area contributed by atoms with E-state index < -0.39 is 24.1 Å². The van der Waals surface area contributed by atoms with Gasteiger partial charge in [0, 0.05) is 29.0 Å². The highest BCUT2D eigenvalue weighted by atomic mass is 35.5. The minimum atomic E-state index is -1.77. The molecule has 1 heterocycles. The second-order valence-corrected chi connectivity index (χ2v) is 7.35. The molecule has 2 aromatic rings. The molecule has 1 saturated heterocycles. The van der Waals surface area contributed by atoms with Crippen LogP contribution in [0.3, 0.4) is 0 Å². The summed E-state index contributed by atoms with van der Waals surface area (Å²) in [6.07, 6.45) is -2.30. The molecular weight excluding hydrogens is 384 g/mol. The fourth-order valence-electron chi connectivity index (χ4n) is 3.46. The monoisotopic (exact) mass is 408 g/mol. The average molecular weight is 409 g/mol. The van der Waals surface area contributed by atoms with E-state index in [0.29, 0.717) is 34.1 Å². The van der Waals surface area contributed by atoms with Gasteiger partial charge in [0.15, 0.2) is 5.79 Å². The average Bonchev–Trinajstić information content (AvgIpc) is 2.68. The molecule has 3 unspecified atom stereocenters. The van der Waals surface area contributed by atoms with Crippen molar-refractivity contribution in [3.8, 4) is 5.75 Å². The van der Waals surface area contributed by atoms with E-state index in [4.69, 9.17) is 21.1 Å². The predicted molar refractivity (Wildman–Crippen MR) is 104 cm³/mol. The van der Waals surface area contributed by atoms with Gasteiger partial charge in [-0.3, -0.25) is 0 Å². The summed E-state index contributed by atoms with van der Waals surface area (Å²) < 4.78 is 11.0. The molecule has 1 aliphatic heterocycles. The number of hydrogen-bond donors (Lipinski definition) is 4. The van der Waals surface area contributed by atoms with Gasteiger partial charge in [0.1, 0.15) is 11.9 Å². The summed E-state index contributed by atoms with van der Waals surface area (Å²) in [5, 5.41) is 41.5. The molecule has 152 valence electrons. The van der Waals surface area contributed by atoms with Crippen LogP contribution in [-0.4, -0.2) is 45.8 Å². The Labute approximate surface area is 168 Å². The molecule has 0 amide bonds. The molecule has 28 heavy (non-hydrogen) atoms. The molecular formula is C21H25ClO6. The zero-order valence-corrected chi connectivity index (χ0v) is 16.3. The third kappa shape index (κ3) is 4.49. The van der Waals surface area contributed by atoms with Crippen molar-refractivity contribution in [1.29, 1.82) is 0 Å². The molecule has 2 aromatic carbocycles. The summed E-state index contributed by atoms with van der Waals surface area (Å²) in [4.78, 5) is 0. The Morgan fingerprint density at radius 3 is 2.61 bits per heavy atom. The van der Waals surface area contributed by atoms with Gasteiger partial charge < -0.3 is 29.9 Å². The normalized spacial score (nSPS) is 26.1. The Balaban J connectivity index is 1.90. The van der Waals surface area contributed by atoms with E-state index in [0.717, 1.165) is 0 Å². The molecule has 4 N–H and O–H groups in total. The molecule has 7 heteroatoms. The van der Waals surface area contributed by atoms with E-state index in [9.17, 15) is 20.4 Å². The summed E-state index contributed by atoms with van der Waals surface area (Å²) in [5.74, 6) is -1.07. The number of hydrogen-bond acceptors (Lipinski definition) is 6. The van der Waals surface area contributed by atoms with Crippen molar-refractivity contribution in [2.45, 2.75) is 43.9 Å². The van der Waals surface area contributed by atoms with Crippen LogP contribution in [0.5, 0.6) is 5.75 Å². The largest absolute Gasteiger partial charge is 0.494 e. The van der Waals surface area contributed by atoms with Crippen LogP contribution in [0.15, 0.2) is 42.5 Å². The van der Waals surface area contributed by atoms with E-state index in [2.05, 4.69) is 0 Å². The SMILES string of the molecule is CCOc1ccc(C(O)c2cc([C@@]3(O)CC(O)CC(CO)O3)ccc2Cl)cc1. The van der Waals surface area contributed by atoms with Gasteiger partial charge >= 0.3 is 0 Å². The quantitative estimate of drug-likeness (QED) is 0.586. The van der Waals surface area contributed by atoms with Crippen molar-refractivity contribution < 1.29 is 29.9 Å². The van der Waals surface area contributed by atoms with Gasteiger partial charge in [0.2, 0.25) is 0 Å². The Bertz CT molecular complexity index is 796. The standard InChI is InChI=1S/C21H25ClO6/c1-2-27-16-6-3-13(4-7-16)20(25)18-9-14(5-8-19(18)22)21(26)11-15(24)10-17(12-23)28-21/h3-9,15,17,20,23-26H,2,10-12H2,1H3/t15?,17?,20?,21-/m1/s1. The van der Waals surface area contributed by atoms with Crippen LogP contribution in [0.25, 0.3) is 0 Å². The topological polar surface area (TPSA) is 99.4 Å². The first-order chi connectivity index (χ1) is 13.4. The molecule has 0 bridgehead atoms. The number of benzene rings is 2. The van der Waals surface area contributed by atoms with E-state index in [1.54, 1.807) is 42.5 Å². The van der Waals surface area contributed by atoms with Crippen molar-refractivity contribution in [2.75, 3.05) is 13.2 Å². The molecule has 0 saturated carbocycles. The van der Waals surface area contributed by atoms with Gasteiger partial charge in [0.25, 0.3) is 0 Å². The van der Waals surface area contributed by atoms with Crippen molar-refractivity contribution in [3.05, 3.63) is 64.2 Å². The number of rotatable bonds is 6. The molecule has 0 aliphatic carbocycles. The van der Waals surface area contributed by atoms with Crippen LogP contribution in [0.4, 0.5) is 0 Å². The third-order valence-corrected chi connectivity index (χ3v) is 5.21. The first-order valence-electron chi connectivity index (χ1n) is 9.26. The minimum absolute atomic E-state index is 0.0380. The van der Waals surface area contributed by atoms with Gasteiger partial charge in [-0.2, -0.15) is 0 Å². The summed E-state index contributed by atoms with van der Waals surface area (Å²) in [7, 11) is 0. The number of aliphatic hydroxyl groups excluding tert-OH is 3. The van der Waals surface area contributed by atoms with E-state index in [1.165, 1.54) is 0 Å². The fourth-order valence-corrected chi connectivity index (χ4v) is 3.69. The van der Waals surface area contributed by atoms with Crippen LogP contribution in [-0.2, 0) is 10.5 Å². The van der Waals surface area contributed by atoms with E-state index >= 15 is 0 Å². The molecule has 1 fully saturated rings. The van der Waals surface area contributed by atoms with E-state index in [1.807, 2.05) is 6.92 Å². The zero-order chi connectivity index (χ0) is 20.3. The lowest BCUT2D eigenvalue weighted by Gasteiger charge is -2.39. The van der Waals surface area contributed by atoms with Gasteiger partial charge in [-0.25, -0.2) is 0 Å². The number of halogens is 1. The highest BCUT2D eigenvalue weighted by molar-refractivity contribution is 6.31. The molecule has 3 rings (SSSR count). The molecule has 4 atom stereocenters. The molecule has 0 aromatic heterocycles. The summed E-state index contributed by atoms with van der Waals surface area (Å²) in [6, 6.07) is 11.7. The van der Waals surface area contributed by atoms with Crippen molar-refractivity contribution in [2.24, 2.45) is 0 Å². The molecule has 0 radical (unpaired) electrons. The minimum Gasteiger partial charge on any atom is -0.494 e. The summed E-state index contributed by atoms with van der Waals surface area (Å²) in [6.45, 7) is 2.13. The molecule has 1 aliphatic rings. The maximum Gasteiger partial charge on any atom is 0.195 e. The fraction of sp³-hybridized carbons (Fsp3) is 0.429. The first-order valence-corrected chi connectivity index (χ1v) is 9.64. The van der Waals surface area contributed by atoms with Gasteiger partial charge in [-0.1, -0.05) is 29.8 Å². The Morgan fingerprint density at radius 2 is 1.96 bits per heavy atom. The van der Waals surface area contributed by atoms with Crippen molar-refractivity contribution in [3.63, 3.8) is 0 Å². The van der Waals surface area contributed by atoms with Crippen LogP contribution in [0.1, 0.15) is 42.6 Å². The maximum atomic E-state index is 10.9. The van der Waals surface area contributed by atoms with Crippen LogP contribution in [0, 0.1) is 0 Å². The van der Waals surface area contributed by atoms with Crippen LogP contribution >= 0.6 is 11.6 Å². The first kappa shape index (κ1) is 21.0. The van der Waals surface area contributed by atoms with Crippen LogP contribution in [0.2, 0.25) is 5.02 Å². The molecule has 6 nitrogen and oxygen atoms in total. The van der Waals surface area contributed by atoms with E-state index in [-0.39, 0.29) is 19.4 Å². The second-order valence-electron chi connectivity index (χ2n) is 6.94. The Kier molecular flexibility index (Phi) is 6.60. The zero-order valence-electron chi connectivity index (χ0n) is 15.6. The smallest absolute Gasteiger partial charge is 0.195 e. The molecule has 0 spiro atoms. The predicted octanol–water partition coefficient (Wildman–Crippen LogP) is 2.50.